The van der Waals surface area contributed by atoms with E-state index in [-0.39, 0.29) is 18.8 Å². The molecule has 1 heterocycles. The topological polar surface area (TPSA) is 67.6 Å². The number of halogens is 1. The number of imidazole rings is 1. The Morgan fingerprint density at radius 1 is 1.24 bits per heavy atom. The number of hydrogen-bond acceptors (Lipinski definition) is 3. The first-order valence-electron chi connectivity index (χ1n) is 6.56. The molecule has 104 valence electrons. The van der Waals surface area contributed by atoms with Crippen molar-refractivity contribution >= 4 is 11.0 Å². The van der Waals surface area contributed by atoms with Crippen LogP contribution in [-0.4, -0.2) is 9.55 Å². The molecule has 2 aromatic carbocycles. The number of fused-ring (bicyclic) bond motifs is 1. The summed E-state index contributed by atoms with van der Waals surface area (Å²) in [5.74, 6) is 0.237. The van der Waals surface area contributed by atoms with Gasteiger partial charge in [0.05, 0.1) is 29.2 Å². The molecule has 0 aliphatic rings. The number of para-hydroxylation sites is 2. The molecule has 1 aromatic heterocycles. The van der Waals surface area contributed by atoms with Crippen LogP contribution in [0.3, 0.4) is 0 Å². The SMILES string of the molecule is N#CCc1nc2ccccc2n1-c1cc(F)cc(CN)c1. The monoisotopic (exact) mass is 280 g/mol. The summed E-state index contributed by atoms with van der Waals surface area (Å²) in [7, 11) is 0. The van der Waals surface area contributed by atoms with Crippen LogP contribution < -0.4 is 5.73 Å². The van der Waals surface area contributed by atoms with Crippen LogP contribution in [0.15, 0.2) is 42.5 Å². The standard InChI is InChI=1S/C16H13FN4/c17-12-7-11(10-19)8-13(9-12)21-15-4-2-1-3-14(15)20-16(21)5-6-18/h1-4,7-9H,5,10,19H2. The molecule has 0 radical (unpaired) electrons. The van der Waals surface area contributed by atoms with Gasteiger partial charge in [-0.2, -0.15) is 5.26 Å². The first-order chi connectivity index (χ1) is 10.2. The molecule has 0 saturated carbocycles. The number of nitrogens with zero attached hydrogens (tertiary/aromatic N) is 3. The number of aromatic nitrogens is 2. The van der Waals surface area contributed by atoms with Crippen molar-refractivity contribution < 1.29 is 4.39 Å². The summed E-state index contributed by atoms with van der Waals surface area (Å²) in [5.41, 5.74) is 8.56. The normalized spacial score (nSPS) is 10.7. The molecule has 5 heteroatoms. The van der Waals surface area contributed by atoms with Crippen LogP contribution >= 0.6 is 0 Å². The van der Waals surface area contributed by atoms with E-state index in [1.54, 1.807) is 4.57 Å². The number of hydrogen-bond donors (Lipinski definition) is 1. The van der Waals surface area contributed by atoms with E-state index in [1.807, 2.05) is 30.3 Å². The fourth-order valence-electron chi connectivity index (χ4n) is 2.43. The molecule has 0 aliphatic heterocycles. The molecule has 0 unspecified atom stereocenters. The van der Waals surface area contributed by atoms with Gasteiger partial charge >= 0.3 is 0 Å². The molecule has 4 nitrogen and oxygen atoms in total. The molecule has 0 atom stereocenters. The number of nitriles is 1. The van der Waals surface area contributed by atoms with Crippen LogP contribution in [0.1, 0.15) is 11.4 Å². The minimum absolute atomic E-state index is 0.156. The molecule has 3 rings (SSSR count). The Morgan fingerprint density at radius 2 is 2.05 bits per heavy atom. The van der Waals surface area contributed by atoms with Gasteiger partial charge in [-0.05, 0) is 35.9 Å². The molecule has 0 fully saturated rings. The average Bonchev–Trinajstić information content (AvgIpc) is 2.85. The molecule has 0 aliphatic carbocycles. The van der Waals surface area contributed by atoms with E-state index >= 15 is 0 Å². The maximum Gasteiger partial charge on any atom is 0.128 e. The van der Waals surface area contributed by atoms with E-state index in [0.717, 1.165) is 11.0 Å². The Hall–Kier alpha value is -2.71. The van der Waals surface area contributed by atoms with Gasteiger partial charge in [-0.3, -0.25) is 4.57 Å². The zero-order chi connectivity index (χ0) is 14.8. The van der Waals surface area contributed by atoms with Crippen LogP contribution in [0, 0.1) is 17.1 Å². The molecule has 0 spiro atoms. The molecule has 0 bridgehead atoms. The summed E-state index contributed by atoms with van der Waals surface area (Å²) in [6.07, 6.45) is 0.156. The maximum absolute atomic E-state index is 13.8. The Morgan fingerprint density at radius 3 is 2.81 bits per heavy atom. The predicted molar refractivity (Wildman–Crippen MR) is 78.2 cm³/mol. The third kappa shape index (κ3) is 2.37. The first-order valence-corrected chi connectivity index (χ1v) is 6.56. The lowest BCUT2D eigenvalue weighted by Crippen LogP contribution is -2.04. The first kappa shape index (κ1) is 13.3. The van der Waals surface area contributed by atoms with E-state index < -0.39 is 0 Å². The smallest absolute Gasteiger partial charge is 0.128 e. The van der Waals surface area contributed by atoms with Crippen molar-refractivity contribution in [2.24, 2.45) is 5.73 Å². The van der Waals surface area contributed by atoms with Crippen molar-refractivity contribution in [2.45, 2.75) is 13.0 Å². The summed E-state index contributed by atoms with van der Waals surface area (Å²) in [5, 5.41) is 8.97. The number of benzene rings is 2. The lowest BCUT2D eigenvalue weighted by atomic mass is 10.2. The van der Waals surface area contributed by atoms with Gasteiger partial charge in [0.25, 0.3) is 0 Å². The zero-order valence-corrected chi connectivity index (χ0v) is 11.3. The Bertz CT molecular complexity index is 845. The predicted octanol–water partition coefficient (Wildman–Crippen LogP) is 2.69. The summed E-state index contributed by atoms with van der Waals surface area (Å²) >= 11 is 0. The third-order valence-corrected chi connectivity index (χ3v) is 3.30. The lowest BCUT2D eigenvalue weighted by molar-refractivity contribution is 0.624. The summed E-state index contributed by atoms with van der Waals surface area (Å²) in [4.78, 5) is 4.45. The second kappa shape index (κ2) is 5.35. The number of nitrogens with two attached hydrogens (primary N) is 1. The van der Waals surface area contributed by atoms with Gasteiger partial charge in [-0.15, -0.1) is 0 Å². The van der Waals surface area contributed by atoms with Crippen molar-refractivity contribution in [3.05, 3.63) is 59.7 Å². The second-order valence-electron chi connectivity index (χ2n) is 4.71. The molecular weight excluding hydrogens is 267 g/mol. The Kier molecular flexibility index (Phi) is 3.38. The second-order valence-corrected chi connectivity index (χ2v) is 4.71. The largest absolute Gasteiger partial charge is 0.326 e. The van der Waals surface area contributed by atoms with E-state index in [9.17, 15) is 4.39 Å². The highest BCUT2D eigenvalue weighted by Crippen LogP contribution is 2.23. The lowest BCUT2D eigenvalue weighted by Gasteiger charge is -2.09. The van der Waals surface area contributed by atoms with Gasteiger partial charge in [-0.1, -0.05) is 12.1 Å². The van der Waals surface area contributed by atoms with E-state index in [0.29, 0.717) is 17.1 Å². The van der Waals surface area contributed by atoms with Crippen molar-refractivity contribution in [3.63, 3.8) is 0 Å². The van der Waals surface area contributed by atoms with Crippen molar-refractivity contribution in [3.8, 4) is 11.8 Å². The maximum atomic E-state index is 13.8. The van der Waals surface area contributed by atoms with E-state index in [2.05, 4.69) is 11.1 Å². The van der Waals surface area contributed by atoms with Gasteiger partial charge in [0, 0.05) is 6.54 Å². The highest BCUT2D eigenvalue weighted by atomic mass is 19.1. The minimum Gasteiger partial charge on any atom is -0.326 e. The molecule has 2 N–H and O–H groups in total. The third-order valence-electron chi connectivity index (χ3n) is 3.30. The van der Waals surface area contributed by atoms with E-state index in [4.69, 9.17) is 11.0 Å². The van der Waals surface area contributed by atoms with Gasteiger partial charge in [0.15, 0.2) is 0 Å². The fraction of sp³-hybridized carbons (Fsp3) is 0.125. The van der Waals surface area contributed by atoms with Gasteiger partial charge < -0.3 is 5.73 Å². The van der Waals surface area contributed by atoms with Gasteiger partial charge in [-0.25, -0.2) is 9.37 Å². The van der Waals surface area contributed by atoms with Crippen LogP contribution in [0.25, 0.3) is 16.7 Å². The molecule has 3 aromatic rings. The highest BCUT2D eigenvalue weighted by molar-refractivity contribution is 5.78. The van der Waals surface area contributed by atoms with Crippen molar-refractivity contribution in [1.29, 1.82) is 5.26 Å². The fourth-order valence-corrected chi connectivity index (χ4v) is 2.43. The molecule has 21 heavy (non-hydrogen) atoms. The Labute approximate surface area is 121 Å². The van der Waals surface area contributed by atoms with E-state index in [1.165, 1.54) is 12.1 Å². The molecule has 0 saturated heterocycles. The van der Waals surface area contributed by atoms with Crippen LogP contribution in [0.5, 0.6) is 0 Å². The zero-order valence-electron chi connectivity index (χ0n) is 11.3. The van der Waals surface area contributed by atoms with Crippen molar-refractivity contribution in [1.82, 2.24) is 9.55 Å². The number of rotatable bonds is 3. The van der Waals surface area contributed by atoms with Crippen molar-refractivity contribution in [2.75, 3.05) is 0 Å². The van der Waals surface area contributed by atoms with Crippen LogP contribution in [0.2, 0.25) is 0 Å². The summed E-state index contributed by atoms with van der Waals surface area (Å²) < 4.78 is 15.6. The molecular formula is C16H13FN4. The molecule has 0 amide bonds. The highest BCUT2D eigenvalue weighted by Gasteiger charge is 2.13. The van der Waals surface area contributed by atoms with Crippen LogP contribution in [-0.2, 0) is 13.0 Å². The minimum atomic E-state index is -0.353. The summed E-state index contributed by atoms with van der Waals surface area (Å²) in [6.45, 7) is 0.255. The van der Waals surface area contributed by atoms with Gasteiger partial charge in [0.2, 0.25) is 0 Å². The summed E-state index contributed by atoms with van der Waals surface area (Å²) in [6, 6.07) is 14.3. The average molecular weight is 280 g/mol. The quantitative estimate of drug-likeness (QED) is 0.802. The van der Waals surface area contributed by atoms with Gasteiger partial charge in [0.1, 0.15) is 11.6 Å². The van der Waals surface area contributed by atoms with Crippen LogP contribution in [0.4, 0.5) is 4.39 Å². The Balaban J connectivity index is 2.30.